The molecule has 1 fully saturated rings. The van der Waals surface area contributed by atoms with Gasteiger partial charge in [0.1, 0.15) is 5.82 Å². The summed E-state index contributed by atoms with van der Waals surface area (Å²) in [6, 6.07) is 8.24. The van der Waals surface area contributed by atoms with Crippen LogP contribution in [0.5, 0.6) is 0 Å². The van der Waals surface area contributed by atoms with Crippen LogP contribution in [0.2, 0.25) is 0 Å². The molecular weight excluding hydrogens is 420 g/mol. The molecule has 1 heterocycles. The fraction of sp³-hybridized carbons (Fsp3) is 0.393. The summed E-state index contributed by atoms with van der Waals surface area (Å²) in [4.78, 5) is 15.9. The van der Waals surface area contributed by atoms with Crippen molar-refractivity contribution >= 4 is 23.2 Å². The zero-order valence-electron chi connectivity index (χ0n) is 21.0. The molecule has 3 rings (SSSR count). The van der Waals surface area contributed by atoms with Gasteiger partial charge in [0.2, 0.25) is 0 Å². The molecule has 0 bridgehead atoms. The Bertz CT molecular complexity index is 1070. The van der Waals surface area contributed by atoms with Gasteiger partial charge in [-0.1, -0.05) is 56.2 Å². The van der Waals surface area contributed by atoms with Crippen molar-refractivity contribution in [3.05, 3.63) is 66.5 Å². The van der Waals surface area contributed by atoms with Gasteiger partial charge in [0, 0.05) is 68.5 Å². The molecule has 0 atom stereocenters. The highest BCUT2D eigenvalue weighted by molar-refractivity contribution is 6.11. The largest absolute Gasteiger partial charge is 0.383 e. The SMILES string of the molecule is C=C/C(=C\N(C)C)c1cccc(-c2ncc(/C(C=NC)=C/C)c(NCC3(N)CCCCC3)n2)c1. The Morgan fingerprint density at radius 2 is 2.00 bits per heavy atom. The molecule has 34 heavy (non-hydrogen) atoms. The number of aliphatic imine (C=N–C) groups is 1. The predicted octanol–water partition coefficient (Wildman–Crippen LogP) is 5.41. The minimum absolute atomic E-state index is 0.203. The normalized spacial score (nSPS) is 16.5. The van der Waals surface area contributed by atoms with Crippen LogP contribution in [0, 0.1) is 0 Å². The van der Waals surface area contributed by atoms with E-state index in [4.69, 9.17) is 15.7 Å². The van der Waals surface area contributed by atoms with Gasteiger partial charge in [-0.15, -0.1) is 0 Å². The molecule has 180 valence electrons. The van der Waals surface area contributed by atoms with Gasteiger partial charge in [-0.25, -0.2) is 9.97 Å². The lowest BCUT2D eigenvalue weighted by Crippen LogP contribution is -2.47. The molecule has 0 unspecified atom stereocenters. The van der Waals surface area contributed by atoms with Crippen molar-refractivity contribution in [2.75, 3.05) is 33.0 Å². The van der Waals surface area contributed by atoms with Gasteiger partial charge in [-0.2, -0.15) is 0 Å². The maximum absolute atomic E-state index is 6.72. The Kier molecular flexibility index (Phi) is 8.77. The van der Waals surface area contributed by atoms with Gasteiger partial charge >= 0.3 is 0 Å². The predicted molar refractivity (Wildman–Crippen MR) is 146 cm³/mol. The number of allylic oxidation sites excluding steroid dienone is 4. The quantitative estimate of drug-likeness (QED) is 0.388. The molecule has 6 nitrogen and oxygen atoms in total. The topological polar surface area (TPSA) is 79.4 Å². The molecule has 0 amide bonds. The standard InChI is InChI=1S/C28H38N6/c1-6-21(17-30-3)25-18-31-26(33-27(25)32-20-28(29)14-9-8-10-15-28)24-13-11-12-23(16-24)22(7-2)19-34(4)5/h6-7,11-13,16-19H,2,8-10,14-15,20,29H2,1,3-5H3,(H,31,32,33)/b21-6+,22-19+,30-17?. The summed E-state index contributed by atoms with van der Waals surface area (Å²) in [5, 5.41) is 3.57. The smallest absolute Gasteiger partial charge is 0.161 e. The number of nitrogens with one attached hydrogen (secondary N) is 1. The van der Waals surface area contributed by atoms with Crippen molar-refractivity contribution in [3.63, 3.8) is 0 Å². The van der Waals surface area contributed by atoms with Gasteiger partial charge in [0.25, 0.3) is 0 Å². The summed E-state index contributed by atoms with van der Waals surface area (Å²) in [6.45, 7) is 6.65. The fourth-order valence-corrected chi connectivity index (χ4v) is 4.36. The number of rotatable bonds is 9. The van der Waals surface area contributed by atoms with Crippen molar-refractivity contribution in [2.24, 2.45) is 10.7 Å². The number of benzene rings is 1. The fourth-order valence-electron chi connectivity index (χ4n) is 4.36. The highest BCUT2D eigenvalue weighted by Gasteiger charge is 2.27. The summed E-state index contributed by atoms with van der Waals surface area (Å²) in [7, 11) is 5.77. The van der Waals surface area contributed by atoms with Crippen LogP contribution in [-0.4, -0.2) is 54.3 Å². The number of hydrogen-bond donors (Lipinski definition) is 2. The van der Waals surface area contributed by atoms with Crippen molar-refractivity contribution in [3.8, 4) is 11.4 Å². The number of nitrogens with zero attached hydrogens (tertiary/aromatic N) is 4. The van der Waals surface area contributed by atoms with E-state index in [0.717, 1.165) is 46.5 Å². The van der Waals surface area contributed by atoms with Gasteiger partial charge in [0.05, 0.1) is 0 Å². The van der Waals surface area contributed by atoms with Crippen LogP contribution in [0.1, 0.15) is 50.2 Å². The molecular formula is C28H38N6. The first-order valence-electron chi connectivity index (χ1n) is 12.0. The van der Waals surface area contributed by atoms with Crippen LogP contribution in [-0.2, 0) is 0 Å². The molecule has 0 saturated heterocycles. The van der Waals surface area contributed by atoms with Gasteiger partial charge in [-0.05, 0) is 37.0 Å². The van der Waals surface area contributed by atoms with Crippen LogP contribution in [0.15, 0.2) is 60.4 Å². The number of aromatic nitrogens is 2. The zero-order chi connectivity index (χ0) is 24.6. The molecule has 1 saturated carbocycles. The van der Waals surface area contributed by atoms with Gasteiger partial charge in [0.15, 0.2) is 5.82 Å². The lowest BCUT2D eigenvalue weighted by Gasteiger charge is -2.34. The minimum Gasteiger partial charge on any atom is -0.383 e. The second kappa shape index (κ2) is 11.7. The molecule has 6 heteroatoms. The van der Waals surface area contributed by atoms with Crippen LogP contribution >= 0.6 is 0 Å². The molecule has 1 aromatic carbocycles. The van der Waals surface area contributed by atoms with E-state index < -0.39 is 0 Å². The van der Waals surface area contributed by atoms with Gasteiger partial charge < -0.3 is 16.0 Å². The molecule has 0 aliphatic heterocycles. The third kappa shape index (κ3) is 6.41. The molecule has 0 radical (unpaired) electrons. The maximum atomic E-state index is 6.72. The first-order chi connectivity index (χ1) is 16.4. The number of anilines is 1. The van der Waals surface area contributed by atoms with E-state index in [9.17, 15) is 0 Å². The van der Waals surface area contributed by atoms with E-state index in [1.807, 2.05) is 62.6 Å². The number of hydrogen-bond acceptors (Lipinski definition) is 6. The monoisotopic (exact) mass is 458 g/mol. The summed E-state index contributed by atoms with van der Waals surface area (Å²) in [6.07, 6.45) is 15.4. The zero-order valence-corrected chi connectivity index (χ0v) is 21.0. The van der Waals surface area contributed by atoms with E-state index in [1.165, 1.54) is 19.3 Å². The second-order valence-corrected chi connectivity index (χ2v) is 9.20. The second-order valence-electron chi connectivity index (χ2n) is 9.20. The molecule has 3 N–H and O–H groups in total. The minimum atomic E-state index is -0.203. The van der Waals surface area contributed by atoms with Crippen molar-refractivity contribution < 1.29 is 0 Å². The third-order valence-corrected chi connectivity index (χ3v) is 6.21. The van der Waals surface area contributed by atoms with Crippen molar-refractivity contribution in [1.82, 2.24) is 14.9 Å². The Morgan fingerprint density at radius 1 is 1.24 bits per heavy atom. The first-order valence-corrected chi connectivity index (χ1v) is 12.0. The average molecular weight is 459 g/mol. The Balaban J connectivity index is 2.00. The summed E-state index contributed by atoms with van der Waals surface area (Å²) in [5.41, 5.74) is 11.5. The maximum Gasteiger partial charge on any atom is 0.161 e. The third-order valence-electron chi connectivity index (χ3n) is 6.21. The summed E-state index contributed by atoms with van der Waals surface area (Å²) >= 11 is 0. The van der Waals surface area contributed by atoms with Gasteiger partial charge in [-0.3, -0.25) is 4.99 Å². The average Bonchev–Trinajstić information content (AvgIpc) is 2.85. The summed E-state index contributed by atoms with van der Waals surface area (Å²) < 4.78 is 0. The lowest BCUT2D eigenvalue weighted by atomic mass is 9.82. The Morgan fingerprint density at radius 3 is 2.65 bits per heavy atom. The van der Waals surface area contributed by atoms with E-state index in [0.29, 0.717) is 12.4 Å². The Labute approximate surface area is 204 Å². The van der Waals surface area contributed by atoms with Crippen LogP contribution in [0.3, 0.4) is 0 Å². The van der Waals surface area contributed by atoms with E-state index in [1.54, 1.807) is 7.05 Å². The van der Waals surface area contributed by atoms with E-state index in [-0.39, 0.29) is 5.54 Å². The van der Waals surface area contributed by atoms with Crippen LogP contribution in [0.4, 0.5) is 5.82 Å². The van der Waals surface area contributed by atoms with Crippen LogP contribution < -0.4 is 11.1 Å². The Hall–Kier alpha value is -3.25. The molecule has 0 spiro atoms. The number of nitrogens with two attached hydrogens (primary N) is 1. The highest BCUT2D eigenvalue weighted by Crippen LogP contribution is 2.29. The summed E-state index contributed by atoms with van der Waals surface area (Å²) in [5.74, 6) is 1.45. The van der Waals surface area contributed by atoms with E-state index >= 15 is 0 Å². The molecule has 1 aromatic heterocycles. The van der Waals surface area contributed by atoms with Crippen molar-refractivity contribution in [1.29, 1.82) is 0 Å². The molecule has 1 aliphatic carbocycles. The highest BCUT2D eigenvalue weighted by atomic mass is 15.1. The lowest BCUT2D eigenvalue weighted by molar-refractivity contribution is 0.311. The molecule has 1 aliphatic rings. The van der Waals surface area contributed by atoms with E-state index in [2.05, 4.69) is 35.2 Å². The van der Waals surface area contributed by atoms with Crippen molar-refractivity contribution in [2.45, 2.75) is 44.6 Å². The molecule has 2 aromatic rings. The van der Waals surface area contributed by atoms with Crippen LogP contribution in [0.25, 0.3) is 22.5 Å². The first kappa shape index (κ1) is 25.4.